The summed E-state index contributed by atoms with van der Waals surface area (Å²) in [5, 5.41) is 13.7. The summed E-state index contributed by atoms with van der Waals surface area (Å²) in [6.45, 7) is 2.06. The van der Waals surface area contributed by atoms with E-state index in [0.717, 1.165) is 24.5 Å². The quantitative estimate of drug-likeness (QED) is 0.887. The summed E-state index contributed by atoms with van der Waals surface area (Å²) in [5.41, 5.74) is 0.415. The fourth-order valence-corrected chi connectivity index (χ4v) is 4.50. The highest BCUT2D eigenvalue weighted by Crippen LogP contribution is 2.32. The number of amides is 1. The first-order valence-electron chi connectivity index (χ1n) is 7.75. The normalized spacial score (nSPS) is 25.3. The lowest BCUT2D eigenvalue weighted by Gasteiger charge is -2.29. The third-order valence-electron chi connectivity index (χ3n) is 4.33. The molecule has 0 aromatic heterocycles. The van der Waals surface area contributed by atoms with E-state index in [1.165, 1.54) is 19.3 Å². The van der Waals surface area contributed by atoms with Crippen LogP contribution in [0, 0.1) is 0 Å². The molecule has 6 heteroatoms. The zero-order chi connectivity index (χ0) is 15.6. The van der Waals surface area contributed by atoms with E-state index >= 15 is 0 Å². The average Bonchev–Trinajstić information content (AvgIpc) is 2.96. The van der Waals surface area contributed by atoms with Crippen LogP contribution < -0.4 is 10.2 Å². The van der Waals surface area contributed by atoms with Crippen LogP contribution in [0.4, 0.5) is 11.4 Å². The van der Waals surface area contributed by atoms with E-state index in [4.69, 9.17) is 11.6 Å². The molecule has 0 bridgehead atoms. The summed E-state index contributed by atoms with van der Waals surface area (Å²) in [6, 6.07) is 5.59. The molecule has 1 amide bonds. The number of nitrogens with zero attached hydrogens (tertiary/aromatic N) is 1. The number of benzene rings is 1. The van der Waals surface area contributed by atoms with Gasteiger partial charge in [0.2, 0.25) is 0 Å². The molecular weight excluding hydrogens is 320 g/mol. The highest BCUT2D eigenvalue weighted by Gasteiger charge is 2.39. The van der Waals surface area contributed by atoms with Gasteiger partial charge in [-0.05, 0) is 49.6 Å². The fraction of sp³-hybridized carbons (Fsp3) is 0.562. The van der Waals surface area contributed by atoms with Crippen molar-refractivity contribution >= 4 is 40.6 Å². The van der Waals surface area contributed by atoms with Gasteiger partial charge in [0.25, 0.3) is 5.91 Å². The number of halogens is 1. The molecule has 2 heterocycles. The first-order chi connectivity index (χ1) is 10.6. The molecule has 1 aromatic carbocycles. The van der Waals surface area contributed by atoms with Crippen LogP contribution in [-0.2, 0) is 4.79 Å². The number of hydrogen-bond acceptors (Lipinski definition) is 4. The van der Waals surface area contributed by atoms with Gasteiger partial charge in [-0.15, -0.1) is 0 Å². The largest absolute Gasteiger partial charge is 0.379 e. The predicted octanol–water partition coefficient (Wildman–Crippen LogP) is 3.14. The van der Waals surface area contributed by atoms with Crippen LogP contribution in [0.25, 0.3) is 0 Å². The lowest BCUT2D eigenvalue weighted by atomic mass is 10.0. The molecule has 2 N–H and O–H groups in total. The van der Waals surface area contributed by atoms with Gasteiger partial charge in [-0.2, -0.15) is 11.8 Å². The third-order valence-corrected chi connectivity index (χ3v) is 5.80. The molecular formula is C16H21ClN2O2S. The Kier molecular flexibility index (Phi) is 4.85. The molecule has 2 aliphatic heterocycles. The van der Waals surface area contributed by atoms with E-state index in [1.807, 2.05) is 12.1 Å². The Morgan fingerprint density at radius 2 is 2.09 bits per heavy atom. The van der Waals surface area contributed by atoms with Crippen LogP contribution >= 0.6 is 23.4 Å². The van der Waals surface area contributed by atoms with Crippen molar-refractivity contribution in [2.24, 2.45) is 0 Å². The number of anilines is 2. The molecule has 4 nitrogen and oxygen atoms in total. The summed E-state index contributed by atoms with van der Waals surface area (Å²) >= 11 is 7.98. The maximum atomic E-state index is 12.2. The monoisotopic (exact) mass is 340 g/mol. The molecule has 22 heavy (non-hydrogen) atoms. The molecule has 120 valence electrons. The Bertz CT molecular complexity index is 555. The van der Waals surface area contributed by atoms with E-state index in [2.05, 4.69) is 10.2 Å². The predicted molar refractivity (Wildman–Crippen MR) is 93.0 cm³/mol. The summed E-state index contributed by atoms with van der Waals surface area (Å²) in [5.74, 6) is 0.941. The van der Waals surface area contributed by atoms with Crippen LogP contribution in [0.2, 0.25) is 5.02 Å². The number of carbonyl (C=O) groups is 1. The molecule has 0 saturated carbocycles. The van der Waals surface area contributed by atoms with Crippen molar-refractivity contribution in [1.29, 1.82) is 0 Å². The Balaban J connectivity index is 1.70. The topological polar surface area (TPSA) is 52.6 Å². The molecule has 1 unspecified atom stereocenters. The number of rotatable bonds is 3. The number of nitrogens with one attached hydrogen (secondary N) is 1. The van der Waals surface area contributed by atoms with E-state index in [-0.39, 0.29) is 5.91 Å². The lowest BCUT2D eigenvalue weighted by molar-refractivity contribution is -0.131. The standard InChI is InChI=1S/C16H21ClN2O2S/c17-13-10-12(18-15(20)16(21)6-9-22-11-16)4-5-14(13)19-7-2-1-3-8-19/h4-5,10,21H,1-3,6-9,11H2,(H,18,20). The molecule has 0 aliphatic carbocycles. The van der Waals surface area contributed by atoms with Gasteiger partial charge >= 0.3 is 0 Å². The van der Waals surface area contributed by atoms with Gasteiger partial charge in [-0.3, -0.25) is 4.79 Å². The molecule has 2 saturated heterocycles. The fourth-order valence-electron chi connectivity index (χ4n) is 2.96. The Morgan fingerprint density at radius 3 is 2.73 bits per heavy atom. The van der Waals surface area contributed by atoms with Crippen molar-refractivity contribution in [3.8, 4) is 0 Å². The average molecular weight is 341 g/mol. The van der Waals surface area contributed by atoms with Gasteiger partial charge in [0.1, 0.15) is 0 Å². The zero-order valence-electron chi connectivity index (χ0n) is 12.5. The van der Waals surface area contributed by atoms with Crippen LogP contribution in [0.3, 0.4) is 0 Å². The second-order valence-electron chi connectivity index (χ2n) is 6.00. The summed E-state index contributed by atoms with van der Waals surface area (Å²) < 4.78 is 0. The van der Waals surface area contributed by atoms with Gasteiger partial charge in [-0.25, -0.2) is 0 Å². The smallest absolute Gasteiger partial charge is 0.257 e. The number of carbonyl (C=O) groups excluding carboxylic acids is 1. The van der Waals surface area contributed by atoms with Crippen molar-refractivity contribution in [2.75, 3.05) is 34.8 Å². The minimum atomic E-state index is -1.25. The van der Waals surface area contributed by atoms with E-state index in [0.29, 0.717) is 22.9 Å². The van der Waals surface area contributed by atoms with Crippen LogP contribution in [0.15, 0.2) is 18.2 Å². The van der Waals surface area contributed by atoms with Crippen LogP contribution in [0.5, 0.6) is 0 Å². The van der Waals surface area contributed by atoms with Gasteiger partial charge in [-0.1, -0.05) is 11.6 Å². The number of hydrogen-bond donors (Lipinski definition) is 2. The number of aliphatic hydroxyl groups is 1. The highest BCUT2D eigenvalue weighted by molar-refractivity contribution is 7.99. The van der Waals surface area contributed by atoms with Crippen molar-refractivity contribution in [1.82, 2.24) is 0 Å². The summed E-state index contributed by atoms with van der Waals surface area (Å²) in [4.78, 5) is 14.5. The van der Waals surface area contributed by atoms with Gasteiger partial charge < -0.3 is 15.3 Å². The molecule has 2 aliphatic rings. The molecule has 1 atom stereocenters. The van der Waals surface area contributed by atoms with Crippen LogP contribution in [-0.4, -0.2) is 41.2 Å². The minimum absolute atomic E-state index is 0.334. The van der Waals surface area contributed by atoms with Gasteiger partial charge in [0.05, 0.1) is 10.7 Å². The highest BCUT2D eigenvalue weighted by atomic mass is 35.5. The first-order valence-corrected chi connectivity index (χ1v) is 9.28. The maximum Gasteiger partial charge on any atom is 0.257 e. The second-order valence-corrected chi connectivity index (χ2v) is 7.51. The first kappa shape index (κ1) is 16.0. The molecule has 1 aromatic rings. The van der Waals surface area contributed by atoms with Crippen molar-refractivity contribution in [3.63, 3.8) is 0 Å². The second kappa shape index (κ2) is 6.69. The third kappa shape index (κ3) is 3.36. The Labute approximate surface area is 140 Å². The van der Waals surface area contributed by atoms with Crippen molar-refractivity contribution < 1.29 is 9.90 Å². The minimum Gasteiger partial charge on any atom is -0.379 e. The number of piperidine rings is 1. The summed E-state index contributed by atoms with van der Waals surface area (Å²) in [7, 11) is 0. The van der Waals surface area contributed by atoms with Crippen molar-refractivity contribution in [2.45, 2.75) is 31.3 Å². The van der Waals surface area contributed by atoms with E-state index in [9.17, 15) is 9.90 Å². The van der Waals surface area contributed by atoms with E-state index in [1.54, 1.807) is 17.8 Å². The van der Waals surface area contributed by atoms with Gasteiger partial charge in [0.15, 0.2) is 5.60 Å². The Morgan fingerprint density at radius 1 is 1.32 bits per heavy atom. The van der Waals surface area contributed by atoms with Gasteiger partial charge in [0, 0.05) is 24.5 Å². The van der Waals surface area contributed by atoms with Crippen LogP contribution in [0.1, 0.15) is 25.7 Å². The van der Waals surface area contributed by atoms with E-state index < -0.39 is 5.60 Å². The Hall–Kier alpha value is -0.910. The maximum absolute atomic E-state index is 12.2. The molecule has 0 spiro atoms. The molecule has 2 fully saturated rings. The molecule has 0 radical (unpaired) electrons. The number of thioether (sulfide) groups is 1. The zero-order valence-corrected chi connectivity index (χ0v) is 14.1. The molecule has 3 rings (SSSR count). The summed E-state index contributed by atoms with van der Waals surface area (Å²) in [6.07, 6.45) is 4.17. The SMILES string of the molecule is O=C(Nc1ccc(N2CCCCC2)c(Cl)c1)C1(O)CCSC1. The van der Waals surface area contributed by atoms with Crippen molar-refractivity contribution in [3.05, 3.63) is 23.2 Å². The lowest BCUT2D eigenvalue weighted by Crippen LogP contribution is -2.42.